The van der Waals surface area contributed by atoms with Crippen LogP contribution in [0.25, 0.3) is 22.3 Å². The molecule has 0 saturated heterocycles. The van der Waals surface area contributed by atoms with Crippen molar-refractivity contribution < 1.29 is 9.90 Å². The average molecular weight is 302 g/mol. The predicted octanol–water partition coefficient (Wildman–Crippen LogP) is 5.34. The molecule has 0 aliphatic carbocycles. The van der Waals surface area contributed by atoms with Gasteiger partial charge in [0.1, 0.15) is 0 Å². The van der Waals surface area contributed by atoms with E-state index in [-0.39, 0.29) is 0 Å². The third-order valence-electron chi connectivity index (χ3n) is 3.90. The molecule has 0 aromatic heterocycles. The molecule has 0 spiro atoms. The molecule has 0 fully saturated rings. The summed E-state index contributed by atoms with van der Waals surface area (Å²) in [5.41, 5.74) is 5.96. The molecule has 0 atom stereocenters. The molecule has 0 amide bonds. The molecule has 0 aliphatic heterocycles. The first-order chi connectivity index (χ1) is 11.1. The molecular formula is C21H18O2. The fourth-order valence-corrected chi connectivity index (χ4v) is 3.01. The lowest BCUT2D eigenvalue weighted by atomic mass is 9.90. The molecule has 1 N–H and O–H groups in total. The number of hydrogen-bond acceptors (Lipinski definition) is 1. The largest absolute Gasteiger partial charge is 0.478 e. The number of hydrogen-bond donors (Lipinski definition) is 1. The van der Waals surface area contributed by atoms with Gasteiger partial charge in [-0.1, -0.05) is 77.9 Å². The van der Waals surface area contributed by atoms with Crippen LogP contribution < -0.4 is 0 Å². The number of aryl methyl sites for hydroxylation is 2. The van der Waals surface area contributed by atoms with Crippen LogP contribution in [0.15, 0.2) is 66.7 Å². The van der Waals surface area contributed by atoms with E-state index in [2.05, 4.69) is 6.07 Å². The molecule has 0 bridgehead atoms. The van der Waals surface area contributed by atoms with Gasteiger partial charge in [0.15, 0.2) is 0 Å². The van der Waals surface area contributed by atoms with Crippen molar-refractivity contribution in [1.29, 1.82) is 0 Å². The van der Waals surface area contributed by atoms with Gasteiger partial charge in [-0.05, 0) is 36.1 Å². The zero-order valence-electron chi connectivity index (χ0n) is 13.2. The van der Waals surface area contributed by atoms with Crippen molar-refractivity contribution in [3.8, 4) is 22.3 Å². The Bertz CT molecular complexity index is 844. The van der Waals surface area contributed by atoms with Gasteiger partial charge in [-0.25, -0.2) is 4.79 Å². The van der Waals surface area contributed by atoms with Crippen LogP contribution in [-0.4, -0.2) is 11.1 Å². The third kappa shape index (κ3) is 3.02. The van der Waals surface area contributed by atoms with Crippen LogP contribution in [-0.2, 0) is 0 Å². The molecule has 0 aliphatic rings. The second kappa shape index (κ2) is 6.09. The van der Waals surface area contributed by atoms with E-state index in [1.807, 2.05) is 74.5 Å². The van der Waals surface area contributed by atoms with Crippen molar-refractivity contribution in [1.82, 2.24) is 0 Å². The maximum absolute atomic E-state index is 12.0. The molecule has 0 saturated carbocycles. The Labute approximate surface area is 136 Å². The summed E-state index contributed by atoms with van der Waals surface area (Å²) >= 11 is 0. The number of carboxylic acids is 1. The van der Waals surface area contributed by atoms with Gasteiger partial charge in [-0.3, -0.25) is 0 Å². The fourth-order valence-electron chi connectivity index (χ4n) is 3.01. The summed E-state index contributed by atoms with van der Waals surface area (Å²) < 4.78 is 0. The Morgan fingerprint density at radius 2 is 1.30 bits per heavy atom. The SMILES string of the molecule is Cc1cc(C)cc(-c2cccc(-c3ccccc3)c2C(=O)O)c1. The minimum atomic E-state index is -0.904. The molecule has 2 nitrogen and oxygen atoms in total. The van der Waals surface area contributed by atoms with E-state index in [4.69, 9.17) is 0 Å². The van der Waals surface area contributed by atoms with Gasteiger partial charge >= 0.3 is 5.97 Å². The zero-order chi connectivity index (χ0) is 16.4. The highest BCUT2D eigenvalue weighted by Gasteiger charge is 2.17. The Hall–Kier alpha value is -2.87. The Balaban J connectivity index is 2.28. The highest BCUT2D eigenvalue weighted by Crippen LogP contribution is 2.33. The molecule has 0 unspecified atom stereocenters. The van der Waals surface area contributed by atoms with Crippen molar-refractivity contribution in [3.05, 3.63) is 83.4 Å². The summed E-state index contributed by atoms with van der Waals surface area (Å²) in [4.78, 5) is 12.0. The van der Waals surface area contributed by atoms with Gasteiger partial charge < -0.3 is 5.11 Å². The lowest BCUT2D eigenvalue weighted by Gasteiger charge is -2.13. The van der Waals surface area contributed by atoms with Crippen LogP contribution in [0.4, 0.5) is 0 Å². The Kier molecular flexibility index (Phi) is 3.98. The molecule has 3 rings (SSSR count). The standard InChI is InChI=1S/C21H18O2/c1-14-11-15(2)13-17(12-14)19-10-6-9-18(20(19)21(22)23)16-7-4-3-5-8-16/h3-13H,1-2H3,(H,22,23). The first kappa shape index (κ1) is 15.0. The first-order valence-electron chi connectivity index (χ1n) is 7.56. The number of carboxylic acid groups (broad SMARTS) is 1. The summed E-state index contributed by atoms with van der Waals surface area (Å²) in [7, 11) is 0. The van der Waals surface area contributed by atoms with Gasteiger partial charge in [-0.15, -0.1) is 0 Å². The predicted molar refractivity (Wildman–Crippen MR) is 93.7 cm³/mol. The number of carbonyl (C=O) groups is 1. The molecule has 114 valence electrons. The normalized spacial score (nSPS) is 10.5. The lowest BCUT2D eigenvalue weighted by molar-refractivity contribution is 0.0698. The van der Waals surface area contributed by atoms with Crippen LogP contribution >= 0.6 is 0 Å². The first-order valence-corrected chi connectivity index (χ1v) is 7.56. The van der Waals surface area contributed by atoms with E-state index in [0.717, 1.165) is 33.4 Å². The summed E-state index contributed by atoms with van der Waals surface area (Å²) in [5.74, 6) is -0.904. The van der Waals surface area contributed by atoms with Crippen LogP contribution in [0.5, 0.6) is 0 Å². The summed E-state index contributed by atoms with van der Waals surface area (Å²) in [5, 5.41) is 9.81. The van der Waals surface area contributed by atoms with Crippen LogP contribution in [0, 0.1) is 13.8 Å². The van der Waals surface area contributed by atoms with Crippen LogP contribution in [0.3, 0.4) is 0 Å². The summed E-state index contributed by atoms with van der Waals surface area (Å²) in [6.07, 6.45) is 0. The van der Waals surface area contributed by atoms with Gasteiger partial charge in [-0.2, -0.15) is 0 Å². The van der Waals surface area contributed by atoms with Gasteiger partial charge in [0.05, 0.1) is 5.56 Å². The van der Waals surface area contributed by atoms with Crippen molar-refractivity contribution >= 4 is 5.97 Å². The summed E-state index contributed by atoms with van der Waals surface area (Å²) in [6.45, 7) is 4.05. The molecule has 3 aromatic rings. The van der Waals surface area contributed by atoms with E-state index in [0.29, 0.717) is 5.56 Å². The van der Waals surface area contributed by atoms with E-state index >= 15 is 0 Å². The zero-order valence-corrected chi connectivity index (χ0v) is 13.2. The summed E-state index contributed by atoms with van der Waals surface area (Å²) in [6, 6.07) is 21.5. The molecule has 0 heterocycles. The third-order valence-corrected chi connectivity index (χ3v) is 3.90. The van der Waals surface area contributed by atoms with E-state index in [1.54, 1.807) is 0 Å². The number of benzene rings is 3. The van der Waals surface area contributed by atoms with Crippen LogP contribution in [0.2, 0.25) is 0 Å². The highest BCUT2D eigenvalue weighted by atomic mass is 16.4. The Morgan fingerprint density at radius 1 is 0.739 bits per heavy atom. The van der Waals surface area contributed by atoms with E-state index in [9.17, 15) is 9.90 Å². The van der Waals surface area contributed by atoms with Crippen molar-refractivity contribution in [2.45, 2.75) is 13.8 Å². The minimum Gasteiger partial charge on any atom is -0.478 e. The number of rotatable bonds is 3. The highest BCUT2D eigenvalue weighted by molar-refractivity contribution is 6.03. The van der Waals surface area contributed by atoms with Gasteiger partial charge in [0.2, 0.25) is 0 Å². The van der Waals surface area contributed by atoms with Crippen molar-refractivity contribution in [2.24, 2.45) is 0 Å². The topological polar surface area (TPSA) is 37.3 Å². The maximum Gasteiger partial charge on any atom is 0.336 e. The molecular weight excluding hydrogens is 284 g/mol. The fraction of sp³-hybridized carbons (Fsp3) is 0.0952. The van der Waals surface area contributed by atoms with Gasteiger partial charge in [0.25, 0.3) is 0 Å². The van der Waals surface area contributed by atoms with E-state index < -0.39 is 5.97 Å². The number of aromatic carboxylic acids is 1. The second-order valence-electron chi connectivity index (χ2n) is 5.78. The smallest absolute Gasteiger partial charge is 0.336 e. The van der Waals surface area contributed by atoms with E-state index in [1.165, 1.54) is 0 Å². The van der Waals surface area contributed by atoms with Crippen molar-refractivity contribution in [2.75, 3.05) is 0 Å². The Morgan fingerprint density at radius 3 is 1.87 bits per heavy atom. The minimum absolute atomic E-state index is 0.351. The van der Waals surface area contributed by atoms with Gasteiger partial charge in [0, 0.05) is 0 Å². The molecule has 0 radical (unpaired) electrons. The molecule has 2 heteroatoms. The maximum atomic E-state index is 12.0. The quantitative estimate of drug-likeness (QED) is 0.709. The second-order valence-corrected chi connectivity index (χ2v) is 5.78. The van der Waals surface area contributed by atoms with Crippen LogP contribution in [0.1, 0.15) is 21.5 Å². The lowest BCUT2D eigenvalue weighted by Crippen LogP contribution is -2.03. The monoisotopic (exact) mass is 302 g/mol. The molecule has 23 heavy (non-hydrogen) atoms. The molecule has 3 aromatic carbocycles. The average Bonchev–Trinajstić information content (AvgIpc) is 2.54. The van der Waals surface area contributed by atoms with Crippen molar-refractivity contribution in [3.63, 3.8) is 0 Å².